The second-order valence-electron chi connectivity index (χ2n) is 25.8. The molecule has 0 saturated carbocycles. The maximum absolute atomic E-state index is 13.0. The molecule has 0 aromatic heterocycles. The zero-order valence-corrected chi connectivity index (χ0v) is 59.5. The largest absolute Gasteiger partial charge is 0.472 e. The van der Waals surface area contributed by atoms with Crippen molar-refractivity contribution in [2.75, 3.05) is 39.6 Å². The predicted molar refractivity (Wildman–Crippen MR) is 358 cm³/mol. The number of ether oxygens (including phenoxy) is 4. The smallest absolute Gasteiger partial charge is 0.462 e. The number of hydrogen-bond acceptors (Lipinski definition) is 15. The molecule has 0 amide bonds. The van der Waals surface area contributed by atoms with Gasteiger partial charge < -0.3 is 33.8 Å². The van der Waals surface area contributed by atoms with E-state index in [2.05, 4.69) is 41.5 Å². The summed E-state index contributed by atoms with van der Waals surface area (Å²) in [6.45, 7) is 9.58. The summed E-state index contributed by atoms with van der Waals surface area (Å²) >= 11 is 0. The van der Waals surface area contributed by atoms with Gasteiger partial charge in [-0.2, -0.15) is 0 Å². The van der Waals surface area contributed by atoms with Gasteiger partial charge in [-0.1, -0.05) is 305 Å². The van der Waals surface area contributed by atoms with Gasteiger partial charge in [0.2, 0.25) is 0 Å². The summed E-state index contributed by atoms with van der Waals surface area (Å²) in [5, 5.41) is 10.6. The second kappa shape index (κ2) is 62.2. The van der Waals surface area contributed by atoms with E-state index >= 15 is 0 Å². The van der Waals surface area contributed by atoms with Crippen LogP contribution >= 0.6 is 15.6 Å². The lowest BCUT2D eigenvalue weighted by Gasteiger charge is -2.21. The monoisotopic (exact) mass is 1310 g/mol. The lowest BCUT2D eigenvalue weighted by molar-refractivity contribution is -0.161. The second-order valence-corrected chi connectivity index (χ2v) is 28.7. The number of hydrogen-bond donors (Lipinski definition) is 3. The number of carbonyl (C=O) groups excluding carboxylic acids is 4. The van der Waals surface area contributed by atoms with Gasteiger partial charge in [0.25, 0.3) is 0 Å². The molecule has 0 aliphatic heterocycles. The van der Waals surface area contributed by atoms with Gasteiger partial charge in [-0.15, -0.1) is 0 Å². The van der Waals surface area contributed by atoms with E-state index < -0.39 is 97.5 Å². The molecule has 17 nitrogen and oxygen atoms in total. The number of aliphatic hydroxyl groups excluding tert-OH is 1. The first-order chi connectivity index (χ1) is 42.9. The van der Waals surface area contributed by atoms with Crippen LogP contribution in [0.5, 0.6) is 0 Å². The molecule has 0 radical (unpaired) electrons. The molecule has 0 fully saturated rings. The molecule has 0 saturated heterocycles. The van der Waals surface area contributed by atoms with E-state index in [0.29, 0.717) is 25.7 Å². The van der Waals surface area contributed by atoms with Gasteiger partial charge in [0.15, 0.2) is 12.2 Å². The van der Waals surface area contributed by atoms with Crippen LogP contribution in [0.15, 0.2) is 0 Å². The number of phosphoric acid groups is 2. The van der Waals surface area contributed by atoms with E-state index in [1.807, 2.05) is 0 Å². The molecule has 0 heterocycles. The first-order valence-corrected chi connectivity index (χ1v) is 39.6. The fraction of sp³-hybridized carbons (Fsp3) is 0.943. The Labute approximate surface area is 543 Å². The number of unbranched alkanes of at least 4 members (excludes halogenated alkanes) is 37. The Hall–Kier alpha value is -1.94. The van der Waals surface area contributed by atoms with Crippen molar-refractivity contribution in [3.05, 3.63) is 0 Å². The topological polar surface area (TPSA) is 237 Å². The van der Waals surface area contributed by atoms with E-state index in [0.717, 1.165) is 102 Å². The summed E-state index contributed by atoms with van der Waals surface area (Å²) in [6.07, 6.45) is 47.0. The van der Waals surface area contributed by atoms with Crippen molar-refractivity contribution in [1.82, 2.24) is 0 Å². The van der Waals surface area contributed by atoms with Crippen molar-refractivity contribution >= 4 is 39.5 Å². The molecule has 3 N–H and O–H groups in total. The molecule has 0 spiro atoms. The van der Waals surface area contributed by atoms with Crippen LogP contribution in [0.1, 0.15) is 356 Å². The van der Waals surface area contributed by atoms with Crippen LogP contribution in [0, 0.1) is 11.8 Å². The summed E-state index contributed by atoms with van der Waals surface area (Å²) < 4.78 is 68.2. The highest BCUT2D eigenvalue weighted by molar-refractivity contribution is 7.47. The molecule has 0 bridgehead atoms. The van der Waals surface area contributed by atoms with Crippen molar-refractivity contribution in [2.24, 2.45) is 11.8 Å². The molecule has 0 rings (SSSR count). The highest BCUT2D eigenvalue weighted by Crippen LogP contribution is 2.45. The minimum atomic E-state index is -4.95. The third-order valence-electron chi connectivity index (χ3n) is 16.9. The first kappa shape index (κ1) is 87.1. The van der Waals surface area contributed by atoms with Crippen LogP contribution in [0.4, 0.5) is 0 Å². The van der Waals surface area contributed by atoms with Gasteiger partial charge in [-0.05, 0) is 37.5 Å². The summed E-state index contributed by atoms with van der Waals surface area (Å²) in [6, 6.07) is 0. The van der Waals surface area contributed by atoms with E-state index in [4.69, 9.17) is 37.0 Å². The van der Waals surface area contributed by atoms with Crippen LogP contribution in [0.25, 0.3) is 0 Å². The van der Waals surface area contributed by atoms with Crippen molar-refractivity contribution in [3.8, 4) is 0 Å². The molecule has 528 valence electrons. The lowest BCUT2D eigenvalue weighted by atomic mass is 9.99. The molecule has 0 aliphatic rings. The van der Waals surface area contributed by atoms with Gasteiger partial charge in [0.1, 0.15) is 19.3 Å². The Balaban J connectivity index is 5.22. The van der Waals surface area contributed by atoms with Gasteiger partial charge in [0, 0.05) is 25.7 Å². The van der Waals surface area contributed by atoms with E-state index in [9.17, 15) is 43.2 Å². The Kier molecular flexibility index (Phi) is 60.8. The minimum absolute atomic E-state index is 0.106. The zero-order chi connectivity index (χ0) is 65.7. The average Bonchev–Trinajstić information content (AvgIpc) is 3.57. The Morgan fingerprint density at radius 1 is 0.315 bits per heavy atom. The lowest BCUT2D eigenvalue weighted by Crippen LogP contribution is -2.30. The van der Waals surface area contributed by atoms with Crippen molar-refractivity contribution in [3.63, 3.8) is 0 Å². The Morgan fingerprint density at radius 2 is 0.539 bits per heavy atom. The third-order valence-corrected chi connectivity index (χ3v) is 18.8. The average molecular weight is 1310 g/mol. The van der Waals surface area contributed by atoms with Crippen molar-refractivity contribution < 1.29 is 80.2 Å². The number of rotatable bonds is 69. The summed E-state index contributed by atoms with van der Waals surface area (Å²) in [4.78, 5) is 72.4. The number of esters is 4. The highest BCUT2D eigenvalue weighted by atomic mass is 31.2. The normalized spacial score (nSPS) is 14.8. The molecule has 7 atom stereocenters. The van der Waals surface area contributed by atoms with Gasteiger partial charge in [-0.3, -0.25) is 37.3 Å². The fourth-order valence-corrected chi connectivity index (χ4v) is 12.1. The van der Waals surface area contributed by atoms with Gasteiger partial charge in [-0.25, -0.2) is 9.13 Å². The standard InChI is InChI=1S/C70H136O17P2/c1-7-11-13-15-17-19-28-36-42-48-54-69(74)86-65(58-80-67(72)52-46-40-34-26-18-16-14-12-8-2)60-84-88(76,77)82-56-64(71)57-83-89(78,79)85-61-66(59-81-68(73)53-47-41-35-31-30-33-39-45-51-63(6)10-4)87-70(75)55-49-43-37-29-25-23-21-20-22-24-27-32-38-44-50-62(5)9-3/h62-66,71H,7-61H2,1-6H3,(H,76,77)(H,78,79)/t62?,63?,64-,65+,66+/m0/s1. The zero-order valence-electron chi connectivity index (χ0n) is 57.7. The van der Waals surface area contributed by atoms with Gasteiger partial charge in [0.05, 0.1) is 26.4 Å². The number of carbonyl (C=O) groups is 4. The van der Waals surface area contributed by atoms with E-state index in [1.54, 1.807) is 0 Å². The number of phosphoric ester groups is 2. The SMILES string of the molecule is CCCCCCCCCCCCC(=O)O[C@H](COC(=O)CCCCCCCCCCC)COP(=O)(O)OC[C@H](O)COP(=O)(O)OC[C@@H](COC(=O)CCCCCCCCCCC(C)CC)OC(=O)CCCCCCCCCCCCCCCCC(C)CC. The fourth-order valence-electron chi connectivity index (χ4n) is 10.5. The van der Waals surface area contributed by atoms with Crippen LogP contribution in [0.3, 0.4) is 0 Å². The molecule has 0 aromatic rings. The maximum Gasteiger partial charge on any atom is 0.472 e. The van der Waals surface area contributed by atoms with Crippen molar-refractivity contribution in [1.29, 1.82) is 0 Å². The highest BCUT2D eigenvalue weighted by Gasteiger charge is 2.30. The van der Waals surface area contributed by atoms with Crippen LogP contribution in [-0.2, 0) is 65.4 Å². The summed E-state index contributed by atoms with van der Waals surface area (Å²) in [5.74, 6) is -0.502. The van der Waals surface area contributed by atoms with Crippen LogP contribution in [-0.4, -0.2) is 96.7 Å². The molecule has 0 aliphatic carbocycles. The Bertz CT molecular complexity index is 1740. The minimum Gasteiger partial charge on any atom is -0.462 e. The molecule has 0 aromatic carbocycles. The van der Waals surface area contributed by atoms with Crippen molar-refractivity contribution in [2.45, 2.75) is 374 Å². The van der Waals surface area contributed by atoms with Crippen LogP contribution in [0.2, 0.25) is 0 Å². The third kappa shape index (κ3) is 62.0. The molecule has 4 unspecified atom stereocenters. The number of aliphatic hydroxyl groups is 1. The Morgan fingerprint density at radius 3 is 0.798 bits per heavy atom. The van der Waals surface area contributed by atoms with E-state index in [-0.39, 0.29) is 25.7 Å². The molecule has 19 heteroatoms. The molecule has 89 heavy (non-hydrogen) atoms. The van der Waals surface area contributed by atoms with Gasteiger partial charge >= 0.3 is 39.5 Å². The molecular weight excluding hydrogens is 1170 g/mol. The predicted octanol–water partition coefficient (Wildman–Crippen LogP) is 20.0. The first-order valence-electron chi connectivity index (χ1n) is 36.6. The molecular formula is C70H136O17P2. The summed E-state index contributed by atoms with van der Waals surface area (Å²) in [5.41, 5.74) is 0. The maximum atomic E-state index is 13.0. The van der Waals surface area contributed by atoms with Crippen LogP contribution < -0.4 is 0 Å². The van der Waals surface area contributed by atoms with E-state index in [1.165, 1.54) is 173 Å². The quantitative estimate of drug-likeness (QED) is 0.0222. The summed E-state index contributed by atoms with van der Waals surface area (Å²) in [7, 11) is -9.90.